The number of piperidine rings is 1. The van der Waals surface area contributed by atoms with Crippen LogP contribution in [0.2, 0.25) is 0 Å². The molecule has 1 fully saturated rings. The van der Waals surface area contributed by atoms with Gasteiger partial charge < -0.3 is 10.4 Å². The zero-order valence-electron chi connectivity index (χ0n) is 8.36. The molecule has 0 radical (unpaired) electrons. The number of aromatic nitrogens is 1. The number of aliphatic hydroxyl groups is 1. The van der Waals surface area contributed by atoms with Gasteiger partial charge in [-0.2, -0.15) is 0 Å². The number of hydrogen-bond donors (Lipinski definition) is 2. The highest BCUT2D eigenvalue weighted by Gasteiger charge is 2.24. The van der Waals surface area contributed by atoms with Crippen LogP contribution in [-0.2, 0) is 0 Å². The Morgan fingerprint density at radius 2 is 2.57 bits per heavy atom. The third-order valence-electron chi connectivity index (χ3n) is 2.87. The summed E-state index contributed by atoms with van der Waals surface area (Å²) in [7, 11) is 0. The van der Waals surface area contributed by atoms with Crippen LogP contribution in [0.5, 0.6) is 0 Å². The third-order valence-corrected chi connectivity index (χ3v) is 3.91. The lowest BCUT2D eigenvalue weighted by molar-refractivity contribution is 0.177. The van der Waals surface area contributed by atoms with Crippen LogP contribution >= 0.6 is 11.3 Å². The molecule has 1 aliphatic rings. The van der Waals surface area contributed by atoms with Crippen molar-refractivity contribution < 1.29 is 5.11 Å². The number of rotatable bonds is 2. The van der Waals surface area contributed by atoms with E-state index in [4.69, 9.17) is 5.11 Å². The van der Waals surface area contributed by atoms with E-state index >= 15 is 0 Å². The molecular formula is C10H16N2OS. The highest BCUT2D eigenvalue weighted by Crippen LogP contribution is 2.30. The number of aryl methyl sites for hydroxylation is 1. The van der Waals surface area contributed by atoms with Crippen molar-refractivity contribution in [3.63, 3.8) is 0 Å². The van der Waals surface area contributed by atoms with E-state index in [1.54, 1.807) is 11.3 Å². The first-order valence-electron chi connectivity index (χ1n) is 5.05. The van der Waals surface area contributed by atoms with Crippen LogP contribution < -0.4 is 5.32 Å². The van der Waals surface area contributed by atoms with Crippen LogP contribution in [0.4, 0.5) is 0 Å². The zero-order chi connectivity index (χ0) is 9.97. The van der Waals surface area contributed by atoms with E-state index in [9.17, 15) is 0 Å². The highest BCUT2D eigenvalue weighted by atomic mass is 32.1. The molecule has 0 saturated carbocycles. The molecule has 0 aromatic carbocycles. The maximum atomic E-state index is 9.14. The zero-order valence-corrected chi connectivity index (χ0v) is 9.18. The number of nitrogens with zero attached hydrogens (tertiary/aromatic N) is 1. The van der Waals surface area contributed by atoms with Crippen molar-refractivity contribution in [2.45, 2.75) is 25.8 Å². The van der Waals surface area contributed by atoms with E-state index in [0.29, 0.717) is 18.6 Å². The Kier molecular flexibility index (Phi) is 3.15. The molecule has 1 aromatic rings. The standard InChI is InChI=1S/C10H16N2OS/c1-7-10(14-6-12-7)9-4-8(5-13)2-3-11-9/h6,8-9,11,13H,2-5H2,1H3. The van der Waals surface area contributed by atoms with Crippen LogP contribution in [0.1, 0.15) is 29.5 Å². The molecule has 3 nitrogen and oxygen atoms in total. The number of thiazole rings is 1. The topological polar surface area (TPSA) is 45.2 Å². The number of nitrogens with one attached hydrogen (secondary N) is 1. The maximum Gasteiger partial charge on any atom is 0.0798 e. The summed E-state index contributed by atoms with van der Waals surface area (Å²) in [5.41, 5.74) is 3.03. The van der Waals surface area contributed by atoms with Crippen molar-refractivity contribution in [2.75, 3.05) is 13.2 Å². The second-order valence-corrected chi connectivity index (χ2v) is 4.77. The summed E-state index contributed by atoms with van der Waals surface area (Å²) in [4.78, 5) is 5.59. The summed E-state index contributed by atoms with van der Waals surface area (Å²) in [6, 6.07) is 0.411. The first-order valence-corrected chi connectivity index (χ1v) is 5.93. The molecule has 2 rings (SSSR count). The fraction of sp³-hybridized carbons (Fsp3) is 0.700. The Morgan fingerprint density at radius 1 is 1.71 bits per heavy atom. The van der Waals surface area contributed by atoms with Crippen LogP contribution in [-0.4, -0.2) is 23.2 Å². The second-order valence-electron chi connectivity index (χ2n) is 3.88. The molecule has 0 spiro atoms. The van der Waals surface area contributed by atoms with Gasteiger partial charge in [-0.1, -0.05) is 0 Å². The number of hydrogen-bond acceptors (Lipinski definition) is 4. The van der Waals surface area contributed by atoms with E-state index in [-0.39, 0.29) is 0 Å². The van der Waals surface area contributed by atoms with Crippen molar-refractivity contribution in [1.82, 2.24) is 10.3 Å². The van der Waals surface area contributed by atoms with Gasteiger partial charge in [-0.3, -0.25) is 0 Å². The predicted octanol–water partition coefficient (Wildman–Crippen LogP) is 1.48. The Morgan fingerprint density at radius 3 is 3.21 bits per heavy atom. The summed E-state index contributed by atoms with van der Waals surface area (Å²) in [6.07, 6.45) is 2.13. The minimum Gasteiger partial charge on any atom is -0.396 e. The van der Waals surface area contributed by atoms with Gasteiger partial charge >= 0.3 is 0 Å². The molecule has 4 heteroatoms. The van der Waals surface area contributed by atoms with E-state index in [1.165, 1.54) is 4.88 Å². The monoisotopic (exact) mass is 212 g/mol. The molecule has 0 bridgehead atoms. The molecular weight excluding hydrogens is 196 g/mol. The van der Waals surface area contributed by atoms with Crippen LogP contribution in [0.25, 0.3) is 0 Å². The molecule has 2 unspecified atom stereocenters. The van der Waals surface area contributed by atoms with Gasteiger partial charge in [-0.25, -0.2) is 4.98 Å². The van der Waals surface area contributed by atoms with E-state index < -0.39 is 0 Å². The molecule has 2 atom stereocenters. The second kappa shape index (κ2) is 4.38. The minimum atomic E-state index is 0.316. The Bertz CT molecular complexity index is 300. The van der Waals surface area contributed by atoms with Crippen molar-refractivity contribution in [3.05, 3.63) is 16.1 Å². The SMILES string of the molecule is Cc1ncsc1C1CC(CO)CCN1. The van der Waals surface area contributed by atoms with Crippen LogP contribution in [0, 0.1) is 12.8 Å². The quantitative estimate of drug-likeness (QED) is 0.780. The Balaban J connectivity index is 2.08. The lowest BCUT2D eigenvalue weighted by atomic mass is 9.92. The Hall–Kier alpha value is -0.450. The molecule has 1 aromatic heterocycles. The van der Waals surface area contributed by atoms with Gasteiger partial charge in [0.15, 0.2) is 0 Å². The van der Waals surface area contributed by atoms with Crippen LogP contribution in [0.15, 0.2) is 5.51 Å². The van der Waals surface area contributed by atoms with Gasteiger partial charge in [0, 0.05) is 17.5 Å². The molecule has 2 heterocycles. The van der Waals surface area contributed by atoms with Crippen molar-refractivity contribution in [2.24, 2.45) is 5.92 Å². The smallest absolute Gasteiger partial charge is 0.0798 e. The van der Waals surface area contributed by atoms with Gasteiger partial charge in [0.05, 0.1) is 11.2 Å². The largest absolute Gasteiger partial charge is 0.396 e. The normalized spacial score (nSPS) is 27.9. The van der Waals surface area contributed by atoms with E-state index in [2.05, 4.69) is 17.2 Å². The molecule has 2 N–H and O–H groups in total. The number of aliphatic hydroxyl groups excluding tert-OH is 1. The first kappa shape index (κ1) is 10.1. The third kappa shape index (κ3) is 1.97. The fourth-order valence-electron chi connectivity index (χ4n) is 2.01. The average Bonchev–Trinajstić information content (AvgIpc) is 2.65. The first-order chi connectivity index (χ1) is 6.81. The molecule has 14 heavy (non-hydrogen) atoms. The summed E-state index contributed by atoms with van der Waals surface area (Å²) in [5.74, 6) is 0.461. The minimum absolute atomic E-state index is 0.316. The summed E-state index contributed by atoms with van der Waals surface area (Å²) in [6.45, 7) is 3.37. The maximum absolute atomic E-state index is 9.14. The van der Waals surface area contributed by atoms with E-state index in [0.717, 1.165) is 25.1 Å². The molecule has 0 aliphatic carbocycles. The van der Waals surface area contributed by atoms with Gasteiger partial charge in [0.1, 0.15) is 0 Å². The summed E-state index contributed by atoms with van der Waals surface area (Å²) >= 11 is 1.71. The van der Waals surface area contributed by atoms with Gasteiger partial charge in [0.2, 0.25) is 0 Å². The van der Waals surface area contributed by atoms with Gasteiger partial charge in [-0.05, 0) is 32.2 Å². The molecule has 78 valence electrons. The summed E-state index contributed by atoms with van der Waals surface area (Å²) in [5, 5.41) is 12.6. The van der Waals surface area contributed by atoms with Crippen LogP contribution in [0.3, 0.4) is 0 Å². The summed E-state index contributed by atoms with van der Waals surface area (Å²) < 4.78 is 0. The lowest BCUT2D eigenvalue weighted by Gasteiger charge is -2.28. The Labute approximate surface area is 88.2 Å². The van der Waals surface area contributed by atoms with Crippen molar-refractivity contribution >= 4 is 11.3 Å². The molecule has 1 aliphatic heterocycles. The molecule has 1 saturated heterocycles. The van der Waals surface area contributed by atoms with Gasteiger partial charge in [0.25, 0.3) is 0 Å². The van der Waals surface area contributed by atoms with E-state index in [1.807, 2.05) is 5.51 Å². The van der Waals surface area contributed by atoms with Crippen molar-refractivity contribution in [1.29, 1.82) is 0 Å². The lowest BCUT2D eigenvalue weighted by Crippen LogP contribution is -2.32. The molecule has 0 amide bonds. The average molecular weight is 212 g/mol. The fourth-order valence-corrected chi connectivity index (χ4v) is 2.90. The van der Waals surface area contributed by atoms with Crippen molar-refractivity contribution in [3.8, 4) is 0 Å². The highest BCUT2D eigenvalue weighted by molar-refractivity contribution is 7.09. The predicted molar refractivity (Wildman–Crippen MR) is 57.4 cm³/mol. The van der Waals surface area contributed by atoms with Gasteiger partial charge in [-0.15, -0.1) is 11.3 Å².